The van der Waals surface area contributed by atoms with E-state index in [0.29, 0.717) is 13.1 Å². The normalized spacial score (nSPS) is 19.8. The zero-order valence-corrected chi connectivity index (χ0v) is 19.5. The molecule has 1 aromatic carbocycles. The Hall–Kier alpha value is -2.34. The van der Waals surface area contributed by atoms with Gasteiger partial charge < -0.3 is 15.5 Å². The van der Waals surface area contributed by atoms with Crippen LogP contribution in [0.5, 0.6) is 0 Å². The number of piperidine rings is 1. The van der Waals surface area contributed by atoms with Crippen molar-refractivity contribution in [2.45, 2.75) is 63.8 Å². The first-order chi connectivity index (χ1) is 15.6. The van der Waals surface area contributed by atoms with Crippen molar-refractivity contribution in [2.75, 3.05) is 44.7 Å². The number of likely N-dealkylation sites (tertiary alicyclic amines) is 1. The summed E-state index contributed by atoms with van der Waals surface area (Å²) in [5, 5.41) is 5.73. The monoisotopic (exact) mass is 438 g/mol. The fourth-order valence-electron chi connectivity index (χ4n) is 5.30. The van der Waals surface area contributed by atoms with Crippen molar-refractivity contribution < 1.29 is 9.59 Å². The summed E-state index contributed by atoms with van der Waals surface area (Å²) in [5.41, 5.74) is 5.34. The SMILES string of the molecule is CN1CCc2cc(C(CNC(=O)C(=O)NCCC3=CCCCC3)N3CCCCC3)ccc21. The standard InChI is InChI=1S/C26H38N4O2/c1-29-17-13-22-18-21(10-11-23(22)29)24(30-15-6-3-7-16-30)19-28-26(32)25(31)27-14-12-20-8-4-2-5-9-20/h8,10-11,18,24H,2-7,9,12-17,19H2,1H3,(H,27,31)(H,28,32). The molecule has 6 heteroatoms. The van der Waals surface area contributed by atoms with Crippen molar-refractivity contribution in [3.05, 3.63) is 41.0 Å². The van der Waals surface area contributed by atoms with E-state index in [1.807, 2.05) is 0 Å². The van der Waals surface area contributed by atoms with Gasteiger partial charge in [-0.25, -0.2) is 0 Å². The minimum absolute atomic E-state index is 0.107. The fraction of sp³-hybridized carbons (Fsp3) is 0.615. The zero-order valence-electron chi connectivity index (χ0n) is 19.5. The highest BCUT2D eigenvalue weighted by Crippen LogP contribution is 2.32. The highest BCUT2D eigenvalue weighted by molar-refractivity contribution is 6.35. The number of carbonyl (C=O) groups excluding carboxylic acids is 2. The summed E-state index contributed by atoms with van der Waals surface area (Å²) in [6, 6.07) is 6.82. The van der Waals surface area contributed by atoms with Crippen LogP contribution in [0.3, 0.4) is 0 Å². The smallest absolute Gasteiger partial charge is 0.309 e. The second kappa shape index (κ2) is 11.0. The van der Waals surface area contributed by atoms with Crippen LogP contribution < -0.4 is 15.5 Å². The summed E-state index contributed by atoms with van der Waals surface area (Å²) >= 11 is 0. The van der Waals surface area contributed by atoms with Gasteiger partial charge in [-0.2, -0.15) is 0 Å². The lowest BCUT2D eigenvalue weighted by Crippen LogP contribution is -2.45. The molecule has 2 aliphatic heterocycles. The van der Waals surface area contributed by atoms with Gasteiger partial charge in [0, 0.05) is 32.4 Å². The van der Waals surface area contributed by atoms with E-state index in [1.165, 1.54) is 54.5 Å². The third-order valence-corrected chi connectivity index (χ3v) is 7.23. The summed E-state index contributed by atoms with van der Waals surface area (Å²) in [4.78, 5) is 29.6. The molecule has 2 amide bonds. The Bertz CT molecular complexity index is 844. The van der Waals surface area contributed by atoms with Gasteiger partial charge in [-0.3, -0.25) is 14.5 Å². The average Bonchev–Trinajstić information content (AvgIpc) is 3.20. The quantitative estimate of drug-likeness (QED) is 0.506. The predicted octanol–water partition coefficient (Wildman–Crippen LogP) is 3.33. The molecule has 0 radical (unpaired) electrons. The van der Waals surface area contributed by atoms with Crippen molar-refractivity contribution in [1.29, 1.82) is 0 Å². The summed E-state index contributed by atoms with van der Waals surface area (Å²) in [6.45, 7) is 4.14. The number of hydrogen-bond acceptors (Lipinski definition) is 4. The molecule has 1 aromatic rings. The number of benzene rings is 1. The summed E-state index contributed by atoms with van der Waals surface area (Å²) < 4.78 is 0. The number of anilines is 1. The maximum atomic E-state index is 12.5. The third kappa shape index (κ3) is 5.71. The largest absolute Gasteiger partial charge is 0.374 e. The van der Waals surface area contributed by atoms with Gasteiger partial charge in [0.25, 0.3) is 0 Å². The molecule has 0 saturated carbocycles. The molecule has 6 nitrogen and oxygen atoms in total. The number of fused-ring (bicyclic) bond motifs is 1. The van der Waals surface area contributed by atoms with Crippen LogP contribution in [0.25, 0.3) is 0 Å². The minimum Gasteiger partial charge on any atom is -0.374 e. The van der Waals surface area contributed by atoms with E-state index in [1.54, 1.807) is 0 Å². The number of amides is 2. The second-order valence-electron chi connectivity index (χ2n) is 9.50. The Morgan fingerprint density at radius 3 is 2.56 bits per heavy atom. The van der Waals surface area contributed by atoms with Gasteiger partial charge in [0.05, 0.1) is 6.04 Å². The number of carbonyl (C=O) groups is 2. The Morgan fingerprint density at radius 1 is 0.969 bits per heavy atom. The number of nitrogens with zero attached hydrogens (tertiary/aromatic N) is 2. The minimum atomic E-state index is -0.523. The molecule has 1 unspecified atom stereocenters. The topological polar surface area (TPSA) is 64.7 Å². The lowest BCUT2D eigenvalue weighted by Gasteiger charge is -2.35. The molecule has 1 aliphatic carbocycles. The second-order valence-corrected chi connectivity index (χ2v) is 9.50. The molecule has 1 fully saturated rings. The molecular formula is C26H38N4O2. The molecule has 2 heterocycles. The van der Waals surface area contributed by atoms with Crippen LogP contribution in [0.15, 0.2) is 29.8 Å². The molecule has 32 heavy (non-hydrogen) atoms. The number of allylic oxidation sites excluding steroid dienone is 1. The van der Waals surface area contributed by atoms with Crippen LogP contribution in [0.4, 0.5) is 5.69 Å². The molecule has 174 valence electrons. The van der Waals surface area contributed by atoms with E-state index < -0.39 is 11.8 Å². The summed E-state index contributed by atoms with van der Waals surface area (Å²) in [5.74, 6) is -1.04. The van der Waals surface area contributed by atoms with Gasteiger partial charge in [0.2, 0.25) is 0 Å². The van der Waals surface area contributed by atoms with Crippen LogP contribution in [0.2, 0.25) is 0 Å². The van der Waals surface area contributed by atoms with Crippen LogP contribution in [-0.4, -0.2) is 56.5 Å². The van der Waals surface area contributed by atoms with Crippen molar-refractivity contribution in [3.8, 4) is 0 Å². The van der Waals surface area contributed by atoms with E-state index in [4.69, 9.17) is 0 Å². The van der Waals surface area contributed by atoms with Gasteiger partial charge in [0.1, 0.15) is 0 Å². The van der Waals surface area contributed by atoms with Crippen molar-refractivity contribution >= 4 is 17.5 Å². The lowest BCUT2D eigenvalue weighted by molar-refractivity contribution is -0.139. The zero-order chi connectivity index (χ0) is 22.3. The van der Waals surface area contributed by atoms with E-state index in [9.17, 15) is 9.59 Å². The van der Waals surface area contributed by atoms with E-state index in [2.05, 4.69) is 51.8 Å². The van der Waals surface area contributed by atoms with Gasteiger partial charge in [-0.15, -0.1) is 0 Å². The summed E-state index contributed by atoms with van der Waals surface area (Å²) in [7, 11) is 2.14. The summed E-state index contributed by atoms with van der Waals surface area (Å²) in [6.07, 6.45) is 12.6. The molecule has 1 atom stereocenters. The van der Waals surface area contributed by atoms with E-state index in [-0.39, 0.29) is 6.04 Å². The van der Waals surface area contributed by atoms with E-state index >= 15 is 0 Å². The Kier molecular flexibility index (Phi) is 7.85. The van der Waals surface area contributed by atoms with Crippen LogP contribution in [0.1, 0.15) is 68.5 Å². The third-order valence-electron chi connectivity index (χ3n) is 7.23. The molecule has 0 bridgehead atoms. The lowest BCUT2D eigenvalue weighted by atomic mass is 9.97. The van der Waals surface area contributed by atoms with Crippen LogP contribution in [0, 0.1) is 0 Å². The van der Waals surface area contributed by atoms with Gasteiger partial charge >= 0.3 is 11.8 Å². The van der Waals surface area contributed by atoms with Crippen LogP contribution >= 0.6 is 0 Å². The van der Waals surface area contributed by atoms with Crippen molar-refractivity contribution in [1.82, 2.24) is 15.5 Å². The Balaban J connectivity index is 1.34. The number of nitrogens with one attached hydrogen (secondary N) is 2. The number of rotatable bonds is 7. The number of hydrogen-bond donors (Lipinski definition) is 2. The first kappa shape index (κ1) is 22.8. The molecule has 2 N–H and O–H groups in total. The number of likely N-dealkylation sites (N-methyl/N-ethyl adjacent to an activating group) is 1. The van der Waals surface area contributed by atoms with Gasteiger partial charge in [0.15, 0.2) is 0 Å². The average molecular weight is 439 g/mol. The first-order valence-corrected chi connectivity index (χ1v) is 12.4. The fourth-order valence-corrected chi connectivity index (χ4v) is 5.30. The molecule has 0 spiro atoms. The highest BCUT2D eigenvalue weighted by atomic mass is 16.2. The molecule has 4 rings (SSSR count). The maximum Gasteiger partial charge on any atom is 0.309 e. The van der Waals surface area contributed by atoms with E-state index in [0.717, 1.165) is 45.3 Å². The first-order valence-electron chi connectivity index (χ1n) is 12.4. The highest BCUT2D eigenvalue weighted by Gasteiger charge is 2.26. The van der Waals surface area contributed by atoms with Crippen molar-refractivity contribution in [2.24, 2.45) is 0 Å². The predicted molar refractivity (Wildman–Crippen MR) is 129 cm³/mol. The Morgan fingerprint density at radius 2 is 1.78 bits per heavy atom. The maximum absolute atomic E-state index is 12.5. The molecule has 3 aliphatic rings. The van der Waals surface area contributed by atoms with Crippen LogP contribution in [-0.2, 0) is 16.0 Å². The van der Waals surface area contributed by atoms with Gasteiger partial charge in [-0.05, 0) is 81.6 Å². The molecule has 1 saturated heterocycles. The van der Waals surface area contributed by atoms with Gasteiger partial charge in [-0.1, -0.05) is 30.2 Å². The Labute approximate surface area is 192 Å². The molecule has 0 aromatic heterocycles. The molecular weight excluding hydrogens is 400 g/mol. The van der Waals surface area contributed by atoms with Crippen molar-refractivity contribution in [3.63, 3.8) is 0 Å².